The molecule has 1 aliphatic heterocycles. The molecule has 1 saturated heterocycles. The van der Waals surface area contributed by atoms with Crippen LogP contribution in [0.2, 0.25) is 0 Å². The SMILES string of the molecule is CCC(=C/C=O)/N=c1/ccc(N2C(=S)N(c3ccc(C#N)c(C(F)(F)F)c3)C(=O)C2(C)C)cn1C. The normalized spacial score (nSPS) is 16.6. The van der Waals surface area contributed by atoms with E-state index in [0.29, 0.717) is 29.6 Å². The molecule has 1 aliphatic rings. The third-order valence-electron chi connectivity index (χ3n) is 5.58. The van der Waals surface area contributed by atoms with Crippen LogP contribution in [-0.2, 0) is 22.8 Å². The fourth-order valence-corrected chi connectivity index (χ4v) is 4.27. The number of aldehydes is 1. The topological polar surface area (TPSA) is 81.7 Å². The lowest BCUT2D eigenvalue weighted by Gasteiger charge is -2.29. The highest BCUT2D eigenvalue weighted by atomic mass is 32.1. The second-order valence-corrected chi connectivity index (χ2v) is 8.64. The second-order valence-electron chi connectivity index (χ2n) is 8.27. The largest absolute Gasteiger partial charge is 0.417 e. The zero-order valence-electron chi connectivity index (χ0n) is 19.4. The number of amides is 1. The van der Waals surface area contributed by atoms with Crippen molar-refractivity contribution in [2.75, 3.05) is 9.80 Å². The lowest BCUT2D eigenvalue weighted by Crippen LogP contribution is -2.44. The van der Waals surface area contributed by atoms with Crippen molar-refractivity contribution in [3.05, 3.63) is 64.9 Å². The Labute approximate surface area is 205 Å². The Bertz CT molecular complexity index is 1350. The van der Waals surface area contributed by atoms with Crippen molar-refractivity contribution in [2.45, 2.75) is 38.9 Å². The number of rotatable bonds is 5. The first-order valence-electron chi connectivity index (χ1n) is 10.5. The number of thiocarbonyl (C=S) groups is 1. The smallest absolute Gasteiger partial charge is 0.334 e. The molecule has 35 heavy (non-hydrogen) atoms. The molecule has 182 valence electrons. The van der Waals surface area contributed by atoms with E-state index in [0.717, 1.165) is 17.0 Å². The monoisotopic (exact) mass is 501 g/mol. The summed E-state index contributed by atoms with van der Waals surface area (Å²) >= 11 is 5.55. The van der Waals surface area contributed by atoms with E-state index in [-0.39, 0.29) is 10.8 Å². The molecule has 2 aromatic rings. The van der Waals surface area contributed by atoms with Gasteiger partial charge in [0.2, 0.25) is 0 Å². The summed E-state index contributed by atoms with van der Waals surface area (Å²) in [5.41, 5.74) is -1.31. The molecule has 0 atom stereocenters. The molecule has 1 amide bonds. The third-order valence-corrected chi connectivity index (χ3v) is 5.95. The van der Waals surface area contributed by atoms with Gasteiger partial charge in [-0.2, -0.15) is 18.4 Å². The van der Waals surface area contributed by atoms with Crippen LogP contribution >= 0.6 is 12.2 Å². The van der Waals surface area contributed by atoms with Crippen molar-refractivity contribution in [3.63, 3.8) is 0 Å². The van der Waals surface area contributed by atoms with Crippen LogP contribution in [0.25, 0.3) is 0 Å². The number of halogens is 3. The number of carbonyl (C=O) groups excluding carboxylic acids is 2. The van der Waals surface area contributed by atoms with Crippen LogP contribution in [0.3, 0.4) is 0 Å². The molecular formula is C24H22F3N5O2S. The molecule has 7 nitrogen and oxygen atoms in total. The second kappa shape index (κ2) is 9.46. The Hall–Kier alpha value is -3.78. The molecule has 11 heteroatoms. The quantitative estimate of drug-likeness (QED) is 0.348. The van der Waals surface area contributed by atoms with Crippen molar-refractivity contribution in [2.24, 2.45) is 12.0 Å². The predicted molar refractivity (Wildman–Crippen MR) is 128 cm³/mol. The summed E-state index contributed by atoms with van der Waals surface area (Å²) in [7, 11) is 1.73. The molecular weight excluding hydrogens is 479 g/mol. The highest BCUT2D eigenvalue weighted by Gasteiger charge is 2.50. The maximum Gasteiger partial charge on any atom is 0.417 e. The summed E-state index contributed by atoms with van der Waals surface area (Å²) in [4.78, 5) is 31.2. The fraction of sp³-hybridized carbons (Fsp3) is 0.292. The van der Waals surface area contributed by atoms with Crippen molar-refractivity contribution in [3.8, 4) is 6.07 Å². The molecule has 3 rings (SSSR count). The van der Waals surface area contributed by atoms with Gasteiger partial charge in [0.15, 0.2) is 5.11 Å². The van der Waals surface area contributed by atoms with E-state index < -0.39 is 28.7 Å². The number of alkyl halides is 3. The zero-order chi connectivity index (χ0) is 26.1. The summed E-state index contributed by atoms with van der Waals surface area (Å²) in [6.45, 7) is 5.11. The highest BCUT2D eigenvalue weighted by Crippen LogP contribution is 2.39. The predicted octanol–water partition coefficient (Wildman–Crippen LogP) is 4.23. The van der Waals surface area contributed by atoms with Gasteiger partial charge in [-0.3, -0.25) is 14.5 Å². The molecule has 1 fully saturated rings. The molecule has 0 unspecified atom stereocenters. The van der Waals surface area contributed by atoms with E-state index in [1.165, 1.54) is 18.2 Å². The lowest BCUT2D eigenvalue weighted by atomic mass is 10.0. The van der Waals surface area contributed by atoms with Crippen molar-refractivity contribution in [1.82, 2.24) is 4.57 Å². The van der Waals surface area contributed by atoms with Crippen LogP contribution in [0.4, 0.5) is 24.5 Å². The number of aryl methyl sites for hydroxylation is 1. The van der Waals surface area contributed by atoms with Gasteiger partial charge in [-0.25, -0.2) is 4.99 Å². The number of nitriles is 1. The summed E-state index contributed by atoms with van der Waals surface area (Å²) in [5, 5.41) is 9.07. The van der Waals surface area contributed by atoms with Crippen LogP contribution in [0.1, 0.15) is 38.3 Å². The molecule has 2 heterocycles. The fourth-order valence-electron chi connectivity index (χ4n) is 3.75. The van der Waals surface area contributed by atoms with E-state index >= 15 is 0 Å². The molecule has 1 aromatic carbocycles. The van der Waals surface area contributed by atoms with E-state index in [9.17, 15) is 22.8 Å². The number of benzene rings is 1. The number of nitrogens with zero attached hydrogens (tertiary/aromatic N) is 5. The van der Waals surface area contributed by atoms with E-state index in [1.807, 2.05) is 6.92 Å². The minimum atomic E-state index is -4.77. The summed E-state index contributed by atoms with van der Waals surface area (Å²) in [6, 6.07) is 7.97. The number of hydrogen-bond acceptors (Lipinski definition) is 5. The average Bonchev–Trinajstić information content (AvgIpc) is 2.97. The van der Waals surface area contributed by atoms with Gasteiger partial charge in [-0.1, -0.05) is 6.92 Å². The van der Waals surface area contributed by atoms with Gasteiger partial charge in [-0.15, -0.1) is 0 Å². The minimum absolute atomic E-state index is 0.00220. The Balaban J connectivity index is 2.09. The standard InChI is InChI=1S/C24H22F3N5O2S/c1-5-16(10-11-33)29-20-9-8-18(14-30(20)4)32-22(35)31(21(34)23(32,2)3)17-7-6-15(13-28)19(12-17)24(25,26)27/h6-12,14H,5H2,1-4H3/b16-10-,29-20-. The van der Waals surface area contributed by atoms with E-state index in [1.54, 1.807) is 48.7 Å². The van der Waals surface area contributed by atoms with E-state index in [4.69, 9.17) is 17.5 Å². The molecule has 0 N–H and O–H groups in total. The van der Waals surface area contributed by atoms with Crippen LogP contribution in [0, 0.1) is 11.3 Å². The van der Waals surface area contributed by atoms with Crippen LogP contribution in [0.15, 0.2) is 53.3 Å². The maximum atomic E-state index is 13.5. The molecule has 0 spiro atoms. The van der Waals surface area contributed by atoms with Gasteiger partial charge < -0.3 is 9.47 Å². The number of hydrogen-bond donors (Lipinski definition) is 0. The summed E-state index contributed by atoms with van der Waals surface area (Å²) in [5.74, 6) is -0.515. The Morgan fingerprint density at radius 1 is 1.23 bits per heavy atom. The van der Waals surface area contributed by atoms with Crippen LogP contribution in [0.5, 0.6) is 0 Å². The van der Waals surface area contributed by atoms with Gasteiger partial charge in [0.1, 0.15) is 17.3 Å². The molecule has 0 radical (unpaired) electrons. The molecule has 1 aromatic heterocycles. The number of allylic oxidation sites excluding steroid dienone is 2. The third kappa shape index (κ3) is 4.74. The molecule has 0 aliphatic carbocycles. The first-order valence-corrected chi connectivity index (χ1v) is 10.9. The van der Waals surface area contributed by atoms with Crippen molar-refractivity contribution in [1.29, 1.82) is 5.26 Å². The average molecular weight is 502 g/mol. The van der Waals surface area contributed by atoms with Crippen molar-refractivity contribution >= 4 is 40.9 Å². The Kier molecular flexibility index (Phi) is 6.98. The van der Waals surface area contributed by atoms with Gasteiger partial charge in [-0.05, 0) is 68.9 Å². The Morgan fingerprint density at radius 3 is 2.43 bits per heavy atom. The molecule has 0 saturated carbocycles. The zero-order valence-corrected chi connectivity index (χ0v) is 20.2. The van der Waals surface area contributed by atoms with Gasteiger partial charge >= 0.3 is 6.18 Å². The first-order chi connectivity index (χ1) is 16.4. The van der Waals surface area contributed by atoms with Gasteiger partial charge in [0, 0.05) is 18.9 Å². The van der Waals surface area contributed by atoms with Crippen LogP contribution in [-0.4, -0.2) is 27.4 Å². The summed E-state index contributed by atoms with van der Waals surface area (Å²) in [6.07, 6.45) is -0.496. The van der Waals surface area contributed by atoms with Crippen molar-refractivity contribution < 1.29 is 22.8 Å². The van der Waals surface area contributed by atoms with E-state index in [2.05, 4.69) is 4.99 Å². The highest BCUT2D eigenvalue weighted by molar-refractivity contribution is 7.81. The number of carbonyl (C=O) groups is 2. The summed E-state index contributed by atoms with van der Waals surface area (Å²) < 4.78 is 42.2. The maximum absolute atomic E-state index is 13.5. The Morgan fingerprint density at radius 2 is 1.89 bits per heavy atom. The number of aromatic nitrogens is 1. The number of anilines is 2. The first kappa shape index (κ1) is 25.8. The number of pyridine rings is 1. The molecule has 0 bridgehead atoms. The van der Waals surface area contributed by atoms with Gasteiger partial charge in [0.25, 0.3) is 5.91 Å². The van der Waals surface area contributed by atoms with Crippen LogP contribution < -0.4 is 15.3 Å². The minimum Gasteiger partial charge on any atom is -0.334 e. The lowest BCUT2D eigenvalue weighted by molar-refractivity contribution is -0.137. The van der Waals surface area contributed by atoms with Gasteiger partial charge in [0.05, 0.1) is 28.6 Å².